The molecule has 1 fully saturated rings. The van der Waals surface area contributed by atoms with E-state index in [1.807, 2.05) is 18.2 Å². The number of aryl methyl sites for hydroxylation is 1. The number of piperidine rings is 1. The zero-order chi connectivity index (χ0) is 25.2. The summed E-state index contributed by atoms with van der Waals surface area (Å²) in [6, 6.07) is 9.96. The number of nitrogens with zero attached hydrogens (tertiary/aromatic N) is 2. The molecule has 3 aromatic rings. The van der Waals surface area contributed by atoms with Crippen molar-refractivity contribution in [3.63, 3.8) is 0 Å². The second-order valence-electron chi connectivity index (χ2n) is 8.49. The average Bonchev–Trinajstić information content (AvgIpc) is 3.16. The molecule has 2 aromatic carbocycles. The number of rotatable bonds is 8. The average molecular weight is 504 g/mol. The molecule has 0 radical (unpaired) electrons. The van der Waals surface area contributed by atoms with Crippen LogP contribution in [0.15, 0.2) is 50.5 Å². The monoisotopic (exact) mass is 503 g/mol. The summed E-state index contributed by atoms with van der Waals surface area (Å²) in [6.45, 7) is 0.844. The fourth-order valence-electron chi connectivity index (χ4n) is 4.31. The number of methoxy groups -OCH3 is 2. The van der Waals surface area contributed by atoms with E-state index in [1.165, 1.54) is 21.0 Å². The van der Waals surface area contributed by atoms with Gasteiger partial charge < -0.3 is 19.2 Å². The Morgan fingerprint density at radius 1 is 1.14 bits per heavy atom. The van der Waals surface area contributed by atoms with Gasteiger partial charge in [-0.2, -0.15) is 4.31 Å². The van der Waals surface area contributed by atoms with Crippen molar-refractivity contribution in [3.8, 4) is 11.5 Å². The minimum atomic E-state index is -3.85. The molecular weight excluding hydrogens is 474 g/mol. The third-order valence-electron chi connectivity index (χ3n) is 6.32. The minimum absolute atomic E-state index is 0.0360. The van der Waals surface area contributed by atoms with E-state index in [2.05, 4.69) is 5.32 Å². The van der Waals surface area contributed by atoms with Crippen LogP contribution < -0.4 is 20.5 Å². The number of fused-ring (bicyclic) bond motifs is 1. The molecule has 1 atom stereocenters. The lowest BCUT2D eigenvalue weighted by Gasteiger charge is -2.31. The number of oxazole rings is 1. The molecule has 1 aliphatic rings. The molecule has 1 aliphatic heterocycles. The number of aromatic nitrogens is 1. The lowest BCUT2D eigenvalue weighted by atomic mass is 9.99. The molecule has 1 amide bonds. The maximum absolute atomic E-state index is 13.2. The fourth-order valence-corrected chi connectivity index (χ4v) is 5.85. The number of ether oxygens (including phenoxy) is 2. The van der Waals surface area contributed by atoms with Crippen molar-refractivity contribution in [2.45, 2.75) is 24.2 Å². The number of benzene rings is 2. The summed E-state index contributed by atoms with van der Waals surface area (Å²) in [7, 11) is 0.854. The van der Waals surface area contributed by atoms with Gasteiger partial charge in [-0.05, 0) is 49.1 Å². The molecule has 1 N–H and O–H groups in total. The van der Waals surface area contributed by atoms with Gasteiger partial charge in [-0.25, -0.2) is 13.2 Å². The second-order valence-corrected chi connectivity index (χ2v) is 10.4. The summed E-state index contributed by atoms with van der Waals surface area (Å²) in [5.74, 6) is 0.0873. The predicted octanol–water partition coefficient (Wildman–Crippen LogP) is 1.91. The number of carbonyl (C=O) groups excluding carboxylic acids is 1. The van der Waals surface area contributed by atoms with E-state index in [0.29, 0.717) is 49.4 Å². The summed E-state index contributed by atoms with van der Waals surface area (Å²) >= 11 is 0. The Labute approximate surface area is 203 Å². The van der Waals surface area contributed by atoms with E-state index in [1.54, 1.807) is 27.3 Å². The number of hydrogen-bond donors (Lipinski definition) is 1. The zero-order valence-corrected chi connectivity index (χ0v) is 20.8. The first-order chi connectivity index (χ1) is 16.7. The molecule has 0 saturated carbocycles. The van der Waals surface area contributed by atoms with Crippen molar-refractivity contribution in [2.24, 2.45) is 13.0 Å². The summed E-state index contributed by atoms with van der Waals surface area (Å²) < 4.78 is 44.8. The van der Waals surface area contributed by atoms with Gasteiger partial charge in [0.25, 0.3) is 0 Å². The quantitative estimate of drug-likeness (QED) is 0.499. The number of nitrogens with one attached hydrogen (secondary N) is 1. The van der Waals surface area contributed by atoms with Crippen LogP contribution in [0.3, 0.4) is 0 Å². The van der Waals surface area contributed by atoms with Crippen LogP contribution in [-0.4, -0.2) is 57.1 Å². The van der Waals surface area contributed by atoms with Gasteiger partial charge in [-0.3, -0.25) is 9.36 Å². The van der Waals surface area contributed by atoms with Crippen molar-refractivity contribution >= 4 is 27.0 Å². The van der Waals surface area contributed by atoms with Crippen LogP contribution in [0.25, 0.3) is 11.1 Å². The van der Waals surface area contributed by atoms with Gasteiger partial charge in [0.1, 0.15) is 0 Å². The van der Waals surface area contributed by atoms with E-state index in [0.717, 1.165) is 5.56 Å². The third kappa shape index (κ3) is 5.06. The van der Waals surface area contributed by atoms with Crippen LogP contribution in [0, 0.1) is 5.92 Å². The van der Waals surface area contributed by atoms with Gasteiger partial charge in [0.05, 0.1) is 30.5 Å². The van der Waals surface area contributed by atoms with Crippen molar-refractivity contribution in [1.82, 2.24) is 14.2 Å². The molecular formula is C24H29N3O7S. The van der Waals surface area contributed by atoms with Gasteiger partial charge >= 0.3 is 5.76 Å². The largest absolute Gasteiger partial charge is 0.493 e. The van der Waals surface area contributed by atoms with Crippen LogP contribution >= 0.6 is 0 Å². The molecule has 188 valence electrons. The predicted molar refractivity (Wildman–Crippen MR) is 129 cm³/mol. The van der Waals surface area contributed by atoms with Gasteiger partial charge in [0, 0.05) is 32.7 Å². The summed E-state index contributed by atoms with van der Waals surface area (Å²) in [5.41, 5.74) is 1.71. The molecule has 2 heterocycles. The first-order valence-electron chi connectivity index (χ1n) is 11.3. The number of amides is 1. The molecule has 1 aromatic heterocycles. The molecule has 1 saturated heterocycles. The Hall–Kier alpha value is -3.31. The first-order valence-corrected chi connectivity index (χ1v) is 12.8. The van der Waals surface area contributed by atoms with E-state index in [-0.39, 0.29) is 22.9 Å². The molecule has 0 aliphatic carbocycles. The number of hydrogen-bond acceptors (Lipinski definition) is 7. The van der Waals surface area contributed by atoms with E-state index in [9.17, 15) is 18.0 Å². The lowest BCUT2D eigenvalue weighted by molar-refractivity contribution is -0.126. The topological polar surface area (TPSA) is 120 Å². The van der Waals surface area contributed by atoms with E-state index in [4.69, 9.17) is 13.9 Å². The van der Waals surface area contributed by atoms with Crippen molar-refractivity contribution < 1.29 is 27.1 Å². The van der Waals surface area contributed by atoms with E-state index >= 15 is 0 Å². The Morgan fingerprint density at radius 2 is 1.91 bits per heavy atom. The highest BCUT2D eigenvalue weighted by atomic mass is 32.2. The van der Waals surface area contributed by atoms with Gasteiger partial charge in [-0.15, -0.1) is 0 Å². The normalized spacial score (nSPS) is 16.8. The third-order valence-corrected chi connectivity index (χ3v) is 8.18. The molecule has 0 bridgehead atoms. The first kappa shape index (κ1) is 24.8. The lowest BCUT2D eigenvalue weighted by Crippen LogP contribution is -2.45. The molecule has 11 heteroatoms. The highest BCUT2D eigenvalue weighted by molar-refractivity contribution is 7.89. The smallest absolute Gasteiger partial charge is 0.419 e. The molecule has 0 unspecified atom stereocenters. The highest BCUT2D eigenvalue weighted by Crippen LogP contribution is 2.28. The summed E-state index contributed by atoms with van der Waals surface area (Å²) in [4.78, 5) is 24.6. The van der Waals surface area contributed by atoms with Crippen LogP contribution in [0.2, 0.25) is 0 Å². The van der Waals surface area contributed by atoms with Crippen LogP contribution in [0.4, 0.5) is 0 Å². The van der Waals surface area contributed by atoms with Crippen LogP contribution in [0.1, 0.15) is 18.4 Å². The fraction of sp³-hybridized carbons (Fsp3) is 0.417. The van der Waals surface area contributed by atoms with Crippen molar-refractivity contribution in [3.05, 3.63) is 52.5 Å². The Morgan fingerprint density at radius 3 is 2.66 bits per heavy atom. The minimum Gasteiger partial charge on any atom is -0.493 e. The molecule has 4 rings (SSSR count). The molecule has 10 nitrogen and oxygen atoms in total. The van der Waals surface area contributed by atoms with Gasteiger partial charge in [0.2, 0.25) is 15.9 Å². The standard InChI is InChI=1S/C24H29N3O7S/c1-26-19-8-7-18(14-21(19)34-24(26)29)35(30,31)27-12-4-5-17(15-27)23(28)25-11-10-16-6-9-20(32-2)22(13-16)33-3/h6-9,13-14,17H,4-5,10-12,15H2,1-3H3,(H,25,28)/t17-/m1/s1. The Bertz CT molecular complexity index is 1390. The van der Waals surface area contributed by atoms with E-state index < -0.39 is 21.7 Å². The van der Waals surface area contributed by atoms with Crippen LogP contribution in [0.5, 0.6) is 11.5 Å². The molecule has 35 heavy (non-hydrogen) atoms. The Kier molecular flexibility index (Phi) is 7.18. The number of sulfonamides is 1. The summed E-state index contributed by atoms with van der Waals surface area (Å²) in [5, 5.41) is 2.93. The molecule has 0 spiro atoms. The van der Waals surface area contributed by atoms with Gasteiger partial charge in [0.15, 0.2) is 17.1 Å². The van der Waals surface area contributed by atoms with Crippen molar-refractivity contribution in [2.75, 3.05) is 33.9 Å². The Balaban J connectivity index is 1.39. The highest BCUT2D eigenvalue weighted by Gasteiger charge is 2.33. The second kappa shape index (κ2) is 10.1. The van der Waals surface area contributed by atoms with Crippen molar-refractivity contribution in [1.29, 1.82) is 0 Å². The SMILES string of the molecule is COc1ccc(CCNC(=O)[C@@H]2CCCN(S(=O)(=O)c3ccc4c(c3)oc(=O)n4C)C2)cc1OC. The summed E-state index contributed by atoms with van der Waals surface area (Å²) in [6.07, 6.45) is 1.79. The maximum atomic E-state index is 13.2. The van der Waals surface area contributed by atoms with Crippen LogP contribution in [-0.2, 0) is 28.3 Å². The maximum Gasteiger partial charge on any atom is 0.419 e. The number of carbonyl (C=O) groups is 1. The zero-order valence-electron chi connectivity index (χ0n) is 19.9. The van der Waals surface area contributed by atoms with Gasteiger partial charge in [-0.1, -0.05) is 6.07 Å².